The molecule has 2 heterocycles. The maximum absolute atomic E-state index is 12.4. The number of likely N-dealkylation sites (tertiary alicyclic amines) is 1. The second kappa shape index (κ2) is 8.01. The van der Waals surface area contributed by atoms with Crippen LogP contribution in [0.4, 0.5) is 4.79 Å². The first kappa shape index (κ1) is 17.9. The molecule has 1 aromatic heterocycles. The summed E-state index contributed by atoms with van der Waals surface area (Å²) >= 11 is 5.89. The fourth-order valence-corrected chi connectivity index (χ4v) is 3.60. The van der Waals surface area contributed by atoms with E-state index in [2.05, 4.69) is 10.3 Å². The number of hydrogen-bond donors (Lipinski definition) is 1. The molecule has 0 spiro atoms. The number of urea groups is 1. The summed E-state index contributed by atoms with van der Waals surface area (Å²) in [4.78, 5) is 18.9. The first-order valence-corrected chi connectivity index (χ1v) is 9.69. The maximum Gasteiger partial charge on any atom is 0.317 e. The zero-order valence-electron chi connectivity index (χ0n) is 15.0. The molecule has 1 N–H and O–H groups in total. The number of carbonyl (C=O) groups excluding carboxylic acids is 1. The fraction of sp³-hybridized carbons (Fsp3) is 0.333. The predicted molar refractivity (Wildman–Crippen MR) is 106 cm³/mol. The van der Waals surface area contributed by atoms with Gasteiger partial charge in [-0.25, -0.2) is 9.78 Å². The molecular formula is C21H22ClN3O2. The quantitative estimate of drug-likeness (QED) is 0.715. The lowest BCUT2D eigenvalue weighted by Crippen LogP contribution is -2.44. The second-order valence-electron chi connectivity index (χ2n) is 6.89. The van der Waals surface area contributed by atoms with Crippen molar-refractivity contribution in [2.24, 2.45) is 0 Å². The Morgan fingerprint density at radius 1 is 1.15 bits per heavy atom. The van der Waals surface area contributed by atoms with Gasteiger partial charge >= 0.3 is 6.03 Å². The van der Waals surface area contributed by atoms with Gasteiger partial charge in [0, 0.05) is 30.6 Å². The normalized spacial score (nSPS) is 15.2. The number of halogens is 1. The van der Waals surface area contributed by atoms with Gasteiger partial charge in [-0.2, -0.15) is 0 Å². The minimum atomic E-state index is -0.0000197. The van der Waals surface area contributed by atoms with Gasteiger partial charge in [-0.15, -0.1) is 0 Å². The third-order valence-electron chi connectivity index (χ3n) is 5.04. The van der Waals surface area contributed by atoms with E-state index in [-0.39, 0.29) is 11.9 Å². The lowest BCUT2D eigenvalue weighted by molar-refractivity contribution is 0.178. The van der Waals surface area contributed by atoms with Crippen LogP contribution in [0, 0.1) is 0 Å². The molecule has 0 aliphatic carbocycles. The van der Waals surface area contributed by atoms with E-state index in [4.69, 9.17) is 16.0 Å². The van der Waals surface area contributed by atoms with E-state index >= 15 is 0 Å². The van der Waals surface area contributed by atoms with Crippen molar-refractivity contribution in [3.63, 3.8) is 0 Å². The molecule has 0 saturated carbocycles. The van der Waals surface area contributed by atoms with Crippen molar-refractivity contribution in [1.29, 1.82) is 0 Å². The zero-order chi connectivity index (χ0) is 18.6. The van der Waals surface area contributed by atoms with E-state index in [0.717, 1.165) is 59.9 Å². The molecule has 27 heavy (non-hydrogen) atoms. The predicted octanol–water partition coefficient (Wildman–Crippen LogP) is 4.61. The highest BCUT2D eigenvalue weighted by molar-refractivity contribution is 6.30. The minimum Gasteiger partial charge on any atom is -0.440 e. The molecule has 1 aliphatic rings. The average Bonchev–Trinajstić information content (AvgIpc) is 3.14. The number of aromatic nitrogens is 1. The topological polar surface area (TPSA) is 58.4 Å². The molecule has 1 aliphatic heterocycles. The SMILES string of the molecule is O=C(NCCc1ccc(Cl)cc1)N1CCC(c2nc3ccccc3o2)CC1. The Morgan fingerprint density at radius 3 is 2.63 bits per heavy atom. The number of hydrogen-bond acceptors (Lipinski definition) is 3. The van der Waals surface area contributed by atoms with E-state index in [0.29, 0.717) is 6.54 Å². The Morgan fingerprint density at radius 2 is 1.89 bits per heavy atom. The van der Waals surface area contributed by atoms with Crippen molar-refractivity contribution in [1.82, 2.24) is 15.2 Å². The summed E-state index contributed by atoms with van der Waals surface area (Å²) in [6.07, 6.45) is 2.54. The van der Waals surface area contributed by atoms with Crippen LogP contribution in [0.1, 0.15) is 30.2 Å². The number of amides is 2. The van der Waals surface area contributed by atoms with Crippen molar-refractivity contribution in [3.05, 3.63) is 65.0 Å². The van der Waals surface area contributed by atoms with Crippen LogP contribution in [0.5, 0.6) is 0 Å². The van der Waals surface area contributed by atoms with Crippen LogP contribution < -0.4 is 5.32 Å². The minimum absolute atomic E-state index is 0.0000197. The molecule has 1 fully saturated rings. The molecule has 2 aromatic carbocycles. The molecule has 140 valence electrons. The maximum atomic E-state index is 12.4. The van der Waals surface area contributed by atoms with Gasteiger partial charge in [0.25, 0.3) is 0 Å². The number of nitrogens with one attached hydrogen (secondary N) is 1. The Balaban J connectivity index is 1.25. The number of para-hydroxylation sites is 2. The summed E-state index contributed by atoms with van der Waals surface area (Å²) < 4.78 is 5.89. The third kappa shape index (κ3) is 4.25. The number of oxazole rings is 1. The van der Waals surface area contributed by atoms with Crippen LogP contribution in [0.15, 0.2) is 52.9 Å². The summed E-state index contributed by atoms with van der Waals surface area (Å²) in [5, 5.41) is 3.73. The molecule has 6 heteroatoms. The molecular weight excluding hydrogens is 362 g/mol. The first-order chi connectivity index (χ1) is 13.2. The number of fused-ring (bicyclic) bond motifs is 1. The molecule has 0 bridgehead atoms. The lowest BCUT2D eigenvalue weighted by atomic mass is 9.97. The van der Waals surface area contributed by atoms with Gasteiger partial charge in [0.15, 0.2) is 11.5 Å². The van der Waals surface area contributed by atoms with Crippen LogP contribution in [-0.2, 0) is 6.42 Å². The standard InChI is InChI=1S/C21H22ClN3O2/c22-17-7-5-15(6-8-17)9-12-23-21(26)25-13-10-16(11-14-25)20-24-18-3-1-2-4-19(18)27-20/h1-8,16H,9-14H2,(H,23,26). The Kier molecular flexibility index (Phi) is 5.30. The van der Waals surface area contributed by atoms with E-state index in [9.17, 15) is 4.79 Å². The van der Waals surface area contributed by atoms with Crippen LogP contribution in [-0.4, -0.2) is 35.5 Å². The molecule has 4 rings (SSSR count). The van der Waals surface area contributed by atoms with Crippen LogP contribution in [0.25, 0.3) is 11.1 Å². The van der Waals surface area contributed by atoms with Gasteiger partial charge in [-0.3, -0.25) is 0 Å². The lowest BCUT2D eigenvalue weighted by Gasteiger charge is -2.30. The van der Waals surface area contributed by atoms with Gasteiger partial charge in [-0.05, 0) is 49.1 Å². The smallest absolute Gasteiger partial charge is 0.317 e. The highest BCUT2D eigenvalue weighted by atomic mass is 35.5. The summed E-state index contributed by atoms with van der Waals surface area (Å²) in [5.41, 5.74) is 2.89. The molecule has 3 aromatic rings. The van der Waals surface area contributed by atoms with E-state index in [1.165, 1.54) is 0 Å². The summed E-state index contributed by atoms with van der Waals surface area (Å²) in [5.74, 6) is 1.06. The average molecular weight is 384 g/mol. The highest BCUT2D eigenvalue weighted by Crippen LogP contribution is 2.29. The van der Waals surface area contributed by atoms with E-state index in [1.54, 1.807) is 0 Å². The highest BCUT2D eigenvalue weighted by Gasteiger charge is 2.26. The molecule has 0 radical (unpaired) electrons. The van der Waals surface area contributed by atoms with E-state index in [1.807, 2.05) is 53.4 Å². The summed E-state index contributed by atoms with van der Waals surface area (Å²) in [6, 6.07) is 15.5. The van der Waals surface area contributed by atoms with Crippen LogP contribution >= 0.6 is 11.6 Å². The van der Waals surface area contributed by atoms with Gasteiger partial charge < -0.3 is 14.6 Å². The van der Waals surface area contributed by atoms with Crippen molar-refractivity contribution < 1.29 is 9.21 Å². The Bertz CT molecular complexity index is 882. The van der Waals surface area contributed by atoms with Gasteiger partial charge in [0.05, 0.1) is 0 Å². The monoisotopic (exact) mass is 383 g/mol. The second-order valence-corrected chi connectivity index (χ2v) is 7.33. The molecule has 5 nitrogen and oxygen atoms in total. The summed E-state index contributed by atoms with van der Waals surface area (Å²) in [6.45, 7) is 2.05. The third-order valence-corrected chi connectivity index (χ3v) is 5.30. The number of benzene rings is 2. The van der Waals surface area contributed by atoms with Crippen molar-refractivity contribution in [2.45, 2.75) is 25.2 Å². The molecule has 1 saturated heterocycles. The van der Waals surface area contributed by atoms with Crippen molar-refractivity contribution >= 4 is 28.7 Å². The Hall–Kier alpha value is -2.53. The van der Waals surface area contributed by atoms with Gasteiger partial charge in [-0.1, -0.05) is 35.9 Å². The van der Waals surface area contributed by atoms with Gasteiger partial charge in [0.1, 0.15) is 5.52 Å². The molecule has 0 atom stereocenters. The first-order valence-electron chi connectivity index (χ1n) is 9.32. The molecule has 0 unspecified atom stereocenters. The van der Waals surface area contributed by atoms with Gasteiger partial charge in [0.2, 0.25) is 0 Å². The molecule has 2 amide bonds. The van der Waals surface area contributed by atoms with Crippen molar-refractivity contribution in [3.8, 4) is 0 Å². The summed E-state index contributed by atoms with van der Waals surface area (Å²) in [7, 11) is 0. The van der Waals surface area contributed by atoms with E-state index < -0.39 is 0 Å². The van der Waals surface area contributed by atoms with Crippen LogP contribution in [0.2, 0.25) is 5.02 Å². The fourth-order valence-electron chi connectivity index (χ4n) is 3.47. The van der Waals surface area contributed by atoms with Crippen LogP contribution in [0.3, 0.4) is 0 Å². The number of carbonyl (C=O) groups is 1. The number of nitrogens with zero attached hydrogens (tertiary/aromatic N) is 2. The van der Waals surface area contributed by atoms with Crippen molar-refractivity contribution in [2.75, 3.05) is 19.6 Å². The zero-order valence-corrected chi connectivity index (χ0v) is 15.8. The Labute approximate surface area is 163 Å². The largest absolute Gasteiger partial charge is 0.440 e. The number of rotatable bonds is 4. The number of piperidine rings is 1.